The molecule has 0 aliphatic rings. The van der Waals surface area contributed by atoms with Gasteiger partial charge in [-0.15, -0.1) is 11.3 Å². The Bertz CT molecular complexity index is 611. The smallest absolute Gasteiger partial charge is 0.225 e. The zero-order chi connectivity index (χ0) is 13.1. The van der Waals surface area contributed by atoms with Gasteiger partial charge in [0, 0.05) is 23.8 Å². The van der Waals surface area contributed by atoms with Gasteiger partial charge in [-0.3, -0.25) is 9.48 Å². The van der Waals surface area contributed by atoms with E-state index in [1.54, 1.807) is 4.68 Å². The third-order valence-electron chi connectivity index (χ3n) is 2.48. The molecule has 0 fully saturated rings. The summed E-state index contributed by atoms with van der Waals surface area (Å²) in [5.74, 6) is -0.0194. The molecular formula is C11H14N4OS2. The highest BCUT2D eigenvalue weighted by atomic mass is 32.1. The third-order valence-corrected chi connectivity index (χ3v) is 3.82. The number of rotatable bonds is 4. The van der Waals surface area contributed by atoms with E-state index in [2.05, 4.69) is 15.4 Å². The maximum Gasteiger partial charge on any atom is 0.225 e. The van der Waals surface area contributed by atoms with E-state index >= 15 is 0 Å². The van der Waals surface area contributed by atoms with Gasteiger partial charge in [0.15, 0.2) is 3.95 Å². The summed E-state index contributed by atoms with van der Waals surface area (Å²) in [6, 6.07) is 1.88. The van der Waals surface area contributed by atoms with E-state index in [0.717, 1.165) is 16.3 Å². The van der Waals surface area contributed by atoms with Crippen molar-refractivity contribution < 1.29 is 4.79 Å². The molecule has 1 amide bonds. The van der Waals surface area contributed by atoms with Gasteiger partial charge in [0.1, 0.15) is 0 Å². The molecule has 96 valence electrons. The van der Waals surface area contributed by atoms with Crippen LogP contribution in [-0.4, -0.2) is 20.7 Å². The highest BCUT2D eigenvalue weighted by Crippen LogP contribution is 2.14. The Morgan fingerprint density at radius 2 is 2.44 bits per heavy atom. The first-order valence-corrected chi connectivity index (χ1v) is 6.71. The summed E-state index contributed by atoms with van der Waals surface area (Å²) in [5.41, 5.74) is 1.82. The van der Waals surface area contributed by atoms with Gasteiger partial charge in [0.25, 0.3) is 0 Å². The number of carbonyl (C=O) groups excluding carboxylic acids is 1. The van der Waals surface area contributed by atoms with Crippen LogP contribution >= 0.6 is 23.6 Å². The lowest BCUT2D eigenvalue weighted by Gasteiger charge is -2.02. The predicted molar refractivity (Wildman–Crippen MR) is 73.0 cm³/mol. The van der Waals surface area contributed by atoms with Crippen LogP contribution < -0.4 is 5.32 Å². The van der Waals surface area contributed by atoms with Crippen molar-refractivity contribution in [1.82, 2.24) is 20.1 Å². The third kappa shape index (κ3) is 3.27. The quantitative estimate of drug-likeness (QED) is 0.839. The molecule has 0 aromatic carbocycles. The van der Waals surface area contributed by atoms with Crippen LogP contribution in [0.3, 0.4) is 0 Å². The van der Waals surface area contributed by atoms with E-state index in [9.17, 15) is 4.79 Å². The number of carbonyl (C=O) groups is 1. The average Bonchev–Trinajstić information content (AvgIpc) is 2.83. The van der Waals surface area contributed by atoms with Gasteiger partial charge in [0.2, 0.25) is 5.91 Å². The number of aryl methyl sites for hydroxylation is 2. The van der Waals surface area contributed by atoms with E-state index in [0.29, 0.717) is 16.9 Å². The molecule has 0 unspecified atom stereocenters. The van der Waals surface area contributed by atoms with Crippen LogP contribution in [0.4, 0.5) is 0 Å². The SMILES string of the molecule is Cc1[nH]c(=S)sc1CC(=O)NCc1ccn(C)n1. The Labute approximate surface area is 114 Å². The Balaban J connectivity index is 1.89. The second-order valence-corrected chi connectivity index (χ2v) is 5.77. The largest absolute Gasteiger partial charge is 0.350 e. The standard InChI is InChI=1S/C11H14N4OS2/c1-7-9(18-11(17)13-7)5-10(16)12-6-8-3-4-15(2)14-8/h3-4H,5-6H2,1-2H3,(H,12,16)(H,13,17). The first-order chi connectivity index (χ1) is 8.54. The molecule has 0 radical (unpaired) electrons. The Morgan fingerprint density at radius 1 is 1.67 bits per heavy atom. The molecule has 0 saturated carbocycles. The van der Waals surface area contributed by atoms with Crippen molar-refractivity contribution in [2.45, 2.75) is 19.9 Å². The number of nitrogens with one attached hydrogen (secondary N) is 2. The van der Waals surface area contributed by atoms with Crippen molar-refractivity contribution >= 4 is 29.5 Å². The van der Waals surface area contributed by atoms with Gasteiger partial charge in [-0.25, -0.2) is 0 Å². The topological polar surface area (TPSA) is 62.7 Å². The summed E-state index contributed by atoms with van der Waals surface area (Å²) in [4.78, 5) is 15.8. The molecule has 2 aromatic heterocycles. The summed E-state index contributed by atoms with van der Waals surface area (Å²) in [6.45, 7) is 2.38. The number of nitrogens with zero attached hydrogens (tertiary/aromatic N) is 2. The van der Waals surface area contributed by atoms with Crippen LogP contribution in [0, 0.1) is 10.9 Å². The van der Waals surface area contributed by atoms with Gasteiger partial charge in [-0.1, -0.05) is 0 Å². The second kappa shape index (κ2) is 5.45. The molecule has 0 saturated heterocycles. The molecule has 0 spiro atoms. The van der Waals surface area contributed by atoms with Crippen LogP contribution in [0.15, 0.2) is 12.3 Å². The lowest BCUT2D eigenvalue weighted by molar-refractivity contribution is -0.120. The van der Waals surface area contributed by atoms with Crippen molar-refractivity contribution in [3.63, 3.8) is 0 Å². The van der Waals surface area contributed by atoms with Crippen molar-refractivity contribution in [2.75, 3.05) is 0 Å². The fourth-order valence-corrected chi connectivity index (χ4v) is 2.85. The van der Waals surface area contributed by atoms with Crippen molar-refractivity contribution in [1.29, 1.82) is 0 Å². The molecule has 18 heavy (non-hydrogen) atoms. The van der Waals surface area contributed by atoms with E-state index in [1.165, 1.54) is 11.3 Å². The molecule has 2 aromatic rings. The Hall–Kier alpha value is -1.47. The first-order valence-electron chi connectivity index (χ1n) is 5.48. The van der Waals surface area contributed by atoms with Crippen LogP contribution in [0.1, 0.15) is 16.3 Å². The summed E-state index contributed by atoms with van der Waals surface area (Å²) in [5, 5.41) is 7.03. The maximum atomic E-state index is 11.8. The number of amides is 1. The minimum atomic E-state index is -0.0194. The van der Waals surface area contributed by atoms with Crippen molar-refractivity contribution in [3.05, 3.63) is 32.5 Å². The zero-order valence-electron chi connectivity index (χ0n) is 10.2. The maximum absolute atomic E-state index is 11.8. The van der Waals surface area contributed by atoms with E-state index in [-0.39, 0.29) is 5.91 Å². The lowest BCUT2D eigenvalue weighted by atomic mass is 10.3. The molecular weight excluding hydrogens is 268 g/mol. The lowest BCUT2D eigenvalue weighted by Crippen LogP contribution is -2.24. The molecule has 2 N–H and O–H groups in total. The van der Waals surface area contributed by atoms with E-state index < -0.39 is 0 Å². The fraction of sp³-hybridized carbons (Fsp3) is 0.364. The Morgan fingerprint density at radius 3 is 3.00 bits per heavy atom. The van der Waals surface area contributed by atoms with Gasteiger partial charge < -0.3 is 10.3 Å². The predicted octanol–water partition coefficient (Wildman–Crippen LogP) is 1.71. The number of hydrogen-bond donors (Lipinski definition) is 2. The normalized spacial score (nSPS) is 10.6. The van der Waals surface area contributed by atoms with Gasteiger partial charge in [-0.2, -0.15) is 5.10 Å². The van der Waals surface area contributed by atoms with Crippen molar-refractivity contribution in [3.8, 4) is 0 Å². The van der Waals surface area contributed by atoms with Gasteiger partial charge in [0.05, 0.1) is 18.7 Å². The van der Waals surface area contributed by atoms with Crippen LogP contribution in [0.2, 0.25) is 0 Å². The highest BCUT2D eigenvalue weighted by Gasteiger charge is 2.08. The van der Waals surface area contributed by atoms with Crippen LogP contribution in [-0.2, 0) is 24.8 Å². The molecule has 0 bridgehead atoms. The van der Waals surface area contributed by atoms with E-state index in [4.69, 9.17) is 12.2 Å². The summed E-state index contributed by atoms with van der Waals surface area (Å²) in [7, 11) is 1.85. The first kappa shape index (κ1) is 13.0. The fourth-order valence-electron chi connectivity index (χ4n) is 1.56. The van der Waals surface area contributed by atoms with E-state index in [1.807, 2.05) is 26.2 Å². The number of aromatic nitrogens is 3. The van der Waals surface area contributed by atoms with Crippen LogP contribution in [0.5, 0.6) is 0 Å². The molecule has 7 heteroatoms. The second-order valence-electron chi connectivity index (χ2n) is 4.00. The molecule has 2 heterocycles. The zero-order valence-corrected chi connectivity index (χ0v) is 11.8. The van der Waals surface area contributed by atoms with Crippen LogP contribution in [0.25, 0.3) is 0 Å². The average molecular weight is 282 g/mol. The molecule has 0 aliphatic carbocycles. The van der Waals surface area contributed by atoms with Gasteiger partial charge >= 0.3 is 0 Å². The number of H-pyrrole nitrogens is 1. The summed E-state index contributed by atoms with van der Waals surface area (Å²) >= 11 is 6.48. The molecule has 0 atom stereocenters. The summed E-state index contributed by atoms with van der Waals surface area (Å²) < 4.78 is 2.42. The monoisotopic (exact) mass is 282 g/mol. The molecule has 0 aliphatic heterocycles. The molecule has 5 nitrogen and oxygen atoms in total. The highest BCUT2D eigenvalue weighted by molar-refractivity contribution is 7.73. The van der Waals surface area contributed by atoms with Crippen molar-refractivity contribution in [2.24, 2.45) is 7.05 Å². The Kier molecular flexibility index (Phi) is 3.93. The molecule has 2 rings (SSSR count). The number of aromatic amines is 1. The number of hydrogen-bond acceptors (Lipinski definition) is 4. The van der Waals surface area contributed by atoms with Gasteiger partial charge in [-0.05, 0) is 25.2 Å². The number of thiazole rings is 1. The minimum Gasteiger partial charge on any atom is -0.350 e. The minimum absolute atomic E-state index is 0.0194. The summed E-state index contributed by atoms with van der Waals surface area (Å²) in [6.07, 6.45) is 2.21.